The first kappa shape index (κ1) is 16.0. The molecule has 3 heteroatoms. The molecule has 0 aliphatic rings. The monoisotopic (exact) mass is 308 g/mol. The van der Waals surface area contributed by atoms with Gasteiger partial charge in [-0.05, 0) is 42.5 Å². The van der Waals surface area contributed by atoms with E-state index < -0.39 is 17.0 Å². The molecule has 21 heavy (non-hydrogen) atoms. The van der Waals surface area contributed by atoms with Crippen molar-refractivity contribution in [1.82, 2.24) is 0 Å². The largest absolute Gasteiger partial charge is 0.207 e. The summed E-state index contributed by atoms with van der Waals surface area (Å²) in [5.74, 6) is -1.08. The van der Waals surface area contributed by atoms with Crippen molar-refractivity contribution in [1.29, 1.82) is 0 Å². The molecule has 2 rings (SSSR count). The van der Waals surface area contributed by atoms with E-state index in [1.807, 2.05) is 24.3 Å². The number of hydrogen-bond acceptors (Lipinski definition) is 0. The Morgan fingerprint density at radius 1 is 1.00 bits per heavy atom. The van der Waals surface area contributed by atoms with E-state index in [9.17, 15) is 8.78 Å². The second-order valence-electron chi connectivity index (χ2n) is 5.22. The third kappa shape index (κ3) is 4.28. The van der Waals surface area contributed by atoms with Crippen molar-refractivity contribution in [3.8, 4) is 0 Å². The summed E-state index contributed by atoms with van der Waals surface area (Å²) in [7, 11) is 0. The van der Waals surface area contributed by atoms with E-state index in [1.54, 1.807) is 0 Å². The Kier molecular flexibility index (Phi) is 5.75. The lowest BCUT2D eigenvalue weighted by Gasteiger charge is -2.12. The van der Waals surface area contributed by atoms with Gasteiger partial charge < -0.3 is 0 Å². The maximum Gasteiger partial charge on any atom is 0.129 e. The summed E-state index contributed by atoms with van der Waals surface area (Å²) in [4.78, 5) is 0. The van der Waals surface area contributed by atoms with Crippen LogP contribution in [-0.4, -0.2) is 0 Å². The highest BCUT2D eigenvalue weighted by Gasteiger charge is 2.15. The van der Waals surface area contributed by atoms with Crippen LogP contribution < -0.4 is 0 Å². The maximum atomic E-state index is 13.6. The summed E-state index contributed by atoms with van der Waals surface area (Å²) in [6.07, 6.45) is 3.51. The fraction of sp³-hybridized carbons (Fsp3) is 0.333. The lowest BCUT2D eigenvalue weighted by molar-refractivity contribution is 0.553. The van der Waals surface area contributed by atoms with E-state index in [1.165, 1.54) is 23.8 Å². The van der Waals surface area contributed by atoms with Gasteiger partial charge in [-0.15, -0.1) is 11.6 Å². The van der Waals surface area contributed by atoms with Crippen molar-refractivity contribution < 1.29 is 8.78 Å². The SMILES string of the molecule is CCCCc1ccc(C(Cl)Cc2c(F)cccc2F)cc1. The molecule has 2 aromatic rings. The first-order valence-corrected chi connectivity index (χ1v) is 7.71. The van der Waals surface area contributed by atoms with Crippen LogP contribution in [-0.2, 0) is 12.8 Å². The molecule has 0 aliphatic carbocycles. The Bertz CT molecular complexity index is 558. The Morgan fingerprint density at radius 3 is 2.19 bits per heavy atom. The fourth-order valence-electron chi connectivity index (χ4n) is 2.30. The topological polar surface area (TPSA) is 0 Å². The molecule has 0 radical (unpaired) electrons. The molecule has 0 aromatic heterocycles. The molecule has 0 spiro atoms. The van der Waals surface area contributed by atoms with Crippen LogP contribution in [0.3, 0.4) is 0 Å². The lowest BCUT2D eigenvalue weighted by Crippen LogP contribution is -2.01. The van der Waals surface area contributed by atoms with Crippen LogP contribution in [0.5, 0.6) is 0 Å². The normalized spacial score (nSPS) is 12.4. The second kappa shape index (κ2) is 7.56. The number of benzene rings is 2. The molecule has 1 atom stereocenters. The minimum atomic E-state index is -0.541. The summed E-state index contributed by atoms with van der Waals surface area (Å²) in [5, 5.41) is -0.434. The van der Waals surface area contributed by atoms with Gasteiger partial charge in [0.2, 0.25) is 0 Å². The average molecular weight is 309 g/mol. The summed E-state index contributed by atoms with van der Waals surface area (Å²) in [6.45, 7) is 2.16. The summed E-state index contributed by atoms with van der Waals surface area (Å²) < 4.78 is 27.3. The first-order chi connectivity index (χ1) is 10.1. The van der Waals surface area contributed by atoms with E-state index in [0.717, 1.165) is 24.8 Å². The number of aryl methyl sites for hydroxylation is 1. The zero-order chi connectivity index (χ0) is 15.2. The second-order valence-corrected chi connectivity index (χ2v) is 5.74. The molecule has 0 bridgehead atoms. The van der Waals surface area contributed by atoms with Gasteiger partial charge in [0.05, 0.1) is 5.38 Å². The van der Waals surface area contributed by atoms with Gasteiger partial charge in [0.25, 0.3) is 0 Å². The molecule has 0 nitrogen and oxygen atoms in total. The molecule has 0 fully saturated rings. The van der Waals surface area contributed by atoms with Crippen LogP contribution >= 0.6 is 11.6 Å². The molecule has 1 unspecified atom stereocenters. The van der Waals surface area contributed by atoms with E-state index in [2.05, 4.69) is 6.92 Å². The van der Waals surface area contributed by atoms with Gasteiger partial charge in [-0.2, -0.15) is 0 Å². The van der Waals surface area contributed by atoms with E-state index >= 15 is 0 Å². The minimum absolute atomic E-state index is 0.0487. The van der Waals surface area contributed by atoms with Gasteiger partial charge in [0.15, 0.2) is 0 Å². The van der Waals surface area contributed by atoms with Crippen LogP contribution in [0.2, 0.25) is 0 Å². The van der Waals surface area contributed by atoms with Gasteiger partial charge in [-0.1, -0.05) is 43.7 Å². The molecule has 0 saturated heterocycles. The number of hydrogen-bond donors (Lipinski definition) is 0. The smallest absolute Gasteiger partial charge is 0.129 e. The van der Waals surface area contributed by atoms with E-state index in [4.69, 9.17) is 11.6 Å². The number of halogens is 3. The van der Waals surface area contributed by atoms with Crippen molar-refractivity contribution in [2.45, 2.75) is 38.0 Å². The third-order valence-corrected chi connectivity index (χ3v) is 4.01. The molecule has 0 heterocycles. The molecule has 2 aromatic carbocycles. The molecular formula is C18H19ClF2. The minimum Gasteiger partial charge on any atom is -0.207 e. The zero-order valence-electron chi connectivity index (χ0n) is 12.1. The van der Waals surface area contributed by atoms with Crippen molar-refractivity contribution in [2.24, 2.45) is 0 Å². The Labute approximate surface area is 129 Å². The third-order valence-electron chi connectivity index (χ3n) is 3.61. The van der Waals surface area contributed by atoms with Crippen molar-refractivity contribution in [2.75, 3.05) is 0 Å². The Hall–Kier alpha value is -1.41. The van der Waals surface area contributed by atoms with E-state index in [-0.39, 0.29) is 12.0 Å². The molecule has 112 valence electrons. The lowest BCUT2D eigenvalue weighted by atomic mass is 10.0. The van der Waals surface area contributed by atoms with Gasteiger partial charge in [-0.3, -0.25) is 0 Å². The van der Waals surface area contributed by atoms with Crippen LogP contribution in [0.1, 0.15) is 41.8 Å². The predicted octanol–water partition coefficient (Wildman–Crippen LogP) is 5.83. The highest BCUT2D eigenvalue weighted by molar-refractivity contribution is 6.20. The number of unbranched alkanes of at least 4 members (excludes halogenated alkanes) is 1. The summed E-state index contributed by atoms with van der Waals surface area (Å²) in [6, 6.07) is 11.9. The fourth-order valence-corrected chi connectivity index (χ4v) is 2.60. The Morgan fingerprint density at radius 2 is 1.62 bits per heavy atom. The van der Waals surface area contributed by atoms with E-state index in [0.29, 0.717) is 0 Å². The quantitative estimate of drug-likeness (QED) is 0.589. The van der Waals surface area contributed by atoms with Gasteiger partial charge in [0.1, 0.15) is 11.6 Å². The maximum absolute atomic E-state index is 13.6. The predicted molar refractivity (Wildman–Crippen MR) is 83.7 cm³/mol. The van der Waals surface area contributed by atoms with Gasteiger partial charge >= 0.3 is 0 Å². The highest BCUT2D eigenvalue weighted by atomic mass is 35.5. The highest BCUT2D eigenvalue weighted by Crippen LogP contribution is 2.27. The van der Waals surface area contributed by atoms with Crippen molar-refractivity contribution in [3.05, 3.63) is 70.8 Å². The summed E-state index contributed by atoms with van der Waals surface area (Å²) in [5.41, 5.74) is 2.20. The number of alkyl halides is 1. The molecule has 0 amide bonds. The number of rotatable bonds is 6. The van der Waals surface area contributed by atoms with Crippen molar-refractivity contribution in [3.63, 3.8) is 0 Å². The van der Waals surface area contributed by atoms with Crippen LogP contribution in [0, 0.1) is 11.6 Å². The van der Waals surface area contributed by atoms with Crippen LogP contribution in [0.15, 0.2) is 42.5 Å². The first-order valence-electron chi connectivity index (χ1n) is 7.27. The Balaban J connectivity index is 2.08. The molecular weight excluding hydrogens is 290 g/mol. The molecule has 0 aliphatic heterocycles. The van der Waals surface area contributed by atoms with Gasteiger partial charge in [0, 0.05) is 5.56 Å². The van der Waals surface area contributed by atoms with Gasteiger partial charge in [-0.25, -0.2) is 8.78 Å². The standard InChI is InChI=1S/C18H19ClF2/c1-2-3-5-13-8-10-14(11-9-13)16(19)12-15-17(20)6-4-7-18(15)21/h4,6-11,16H,2-3,5,12H2,1H3. The van der Waals surface area contributed by atoms with Crippen molar-refractivity contribution >= 4 is 11.6 Å². The van der Waals surface area contributed by atoms with Crippen LogP contribution in [0.25, 0.3) is 0 Å². The zero-order valence-corrected chi connectivity index (χ0v) is 12.8. The summed E-state index contributed by atoms with van der Waals surface area (Å²) >= 11 is 6.31. The molecule has 0 saturated carbocycles. The van der Waals surface area contributed by atoms with Crippen LogP contribution in [0.4, 0.5) is 8.78 Å². The molecule has 0 N–H and O–H groups in total. The average Bonchev–Trinajstić information content (AvgIpc) is 2.49.